The lowest BCUT2D eigenvalue weighted by Gasteiger charge is -2.05. The normalized spacial score (nSPS) is 10.7. The number of hydrogen-bond donors (Lipinski definition) is 0. The average molecular weight is 437 g/mol. The Hall–Kier alpha value is -0.390. The zero-order chi connectivity index (χ0) is 13.3. The SMILES string of the molecule is CCC(=O)c1ccc(-c2c(Br)cc(Br)cc2Br)o1. The first kappa shape index (κ1) is 14.0. The van der Waals surface area contributed by atoms with Gasteiger partial charge in [0.1, 0.15) is 5.76 Å². The molecule has 0 fully saturated rings. The third-order valence-electron chi connectivity index (χ3n) is 2.46. The van der Waals surface area contributed by atoms with Gasteiger partial charge in [-0.15, -0.1) is 0 Å². The fraction of sp³-hybridized carbons (Fsp3) is 0.154. The number of benzene rings is 1. The number of rotatable bonds is 3. The quantitative estimate of drug-likeness (QED) is 0.567. The molecule has 18 heavy (non-hydrogen) atoms. The van der Waals surface area contributed by atoms with Gasteiger partial charge in [-0.1, -0.05) is 22.9 Å². The Bertz CT molecular complexity index is 579. The van der Waals surface area contributed by atoms with E-state index in [1.165, 1.54) is 0 Å². The number of halogens is 3. The summed E-state index contributed by atoms with van der Waals surface area (Å²) in [5.74, 6) is 1.07. The third-order valence-corrected chi connectivity index (χ3v) is 4.16. The zero-order valence-corrected chi connectivity index (χ0v) is 14.2. The van der Waals surface area contributed by atoms with E-state index < -0.39 is 0 Å². The molecule has 1 aromatic carbocycles. The average Bonchev–Trinajstić information content (AvgIpc) is 2.76. The second-order valence-electron chi connectivity index (χ2n) is 3.69. The molecule has 2 rings (SSSR count). The summed E-state index contributed by atoms with van der Waals surface area (Å²) in [6.07, 6.45) is 0.440. The van der Waals surface area contributed by atoms with Crippen LogP contribution >= 0.6 is 47.8 Å². The van der Waals surface area contributed by atoms with Crippen LogP contribution in [0.1, 0.15) is 23.9 Å². The largest absolute Gasteiger partial charge is 0.453 e. The Labute approximate surface area is 130 Å². The molecule has 0 aliphatic carbocycles. The Balaban J connectivity index is 2.49. The molecule has 0 N–H and O–H groups in total. The predicted octanol–water partition coefficient (Wildman–Crippen LogP) is 5.83. The van der Waals surface area contributed by atoms with E-state index in [0.717, 1.165) is 19.0 Å². The molecule has 0 radical (unpaired) electrons. The summed E-state index contributed by atoms with van der Waals surface area (Å²) in [7, 11) is 0. The van der Waals surface area contributed by atoms with Crippen molar-refractivity contribution in [3.8, 4) is 11.3 Å². The van der Waals surface area contributed by atoms with Gasteiger partial charge in [-0.05, 0) is 56.1 Å². The molecule has 5 heteroatoms. The van der Waals surface area contributed by atoms with Crippen LogP contribution in [0.4, 0.5) is 0 Å². The minimum absolute atomic E-state index is 0.00519. The fourth-order valence-corrected chi connectivity index (χ4v) is 4.22. The monoisotopic (exact) mass is 434 g/mol. The molecular weight excluding hydrogens is 428 g/mol. The number of ketones is 1. The van der Waals surface area contributed by atoms with Crippen molar-refractivity contribution >= 4 is 53.6 Å². The molecule has 94 valence electrons. The number of Topliss-reactive ketones (excluding diaryl/α,β-unsaturated/α-hetero) is 1. The van der Waals surface area contributed by atoms with Crippen LogP contribution in [-0.4, -0.2) is 5.78 Å². The first-order chi connectivity index (χ1) is 8.52. The van der Waals surface area contributed by atoms with Crippen molar-refractivity contribution in [1.29, 1.82) is 0 Å². The van der Waals surface area contributed by atoms with E-state index in [0.29, 0.717) is 17.9 Å². The molecule has 0 saturated carbocycles. The first-order valence-electron chi connectivity index (χ1n) is 5.31. The maximum absolute atomic E-state index is 11.6. The lowest BCUT2D eigenvalue weighted by Crippen LogP contribution is -1.92. The van der Waals surface area contributed by atoms with Crippen molar-refractivity contribution in [2.75, 3.05) is 0 Å². The predicted molar refractivity (Wildman–Crippen MR) is 81.9 cm³/mol. The van der Waals surface area contributed by atoms with E-state index in [9.17, 15) is 4.79 Å². The van der Waals surface area contributed by atoms with E-state index >= 15 is 0 Å². The van der Waals surface area contributed by atoms with E-state index in [4.69, 9.17) is 4.42 Å². The minimum atomic E-state index is 0.00519. The standard InChI is InChI=1S/C13H9Br3O2/c1-2-10(17)11-3-4-12(18-11)13-8(15)5-7(14)6-9(13)16/h3-6H,2H2,1H3. The van der Waals surface area contributed by atoms with Crippen molar-refractivity contribution in [1.82, 2.24) is 0 Å². The molecule has 0 atom stereocenters. The summed E-state index contributed by atoms with van der Waals surface area (Å²) in [5.41, 5.74) is 0.897. The lowest BCUT2D eigenvalue weighted by molar-refractivity contribution is 0.0962. The Morgan fingerprint density at radius 1 is 1.17 bits per heavy atom. The van der Waals surface area contributed by atoms with Crippen LogP contribution in [0.3, 0.4) is 0 Å². The molecule has 0 spiro atoms. The van der Waals surface area contributed by atoms with Crippen molar-refractivity contribution in [3.05, 3.63) is 43.4 Å². The highest BCUT2D eigenvalue weighted by Gasteiger charge is 2.15. The van der Waals surface area contributed by atoms with E-state index in [1.807, 2.05) is 25.1 Å². The Kier molecular flexibility index (Phi) is 4.45. The topological polar surface area (TPSA) is 30.2 Å². The molecule has 0 unspecified atom stereocenters. The van der Waals surface area contributed by atoms with Gasteiger partial charge < -0.3 is 4.42 Å². The summed E-state index contributed by atoms with van der Waals surface area (Å²) in [4.78, 5) is 11.6. The van der Waals surface area contributed by atoms with Gasteiger partial charge in [-0.2, -0.15) is 0 Å². The highest BCUT2D eigenvalue weighted by atomic mass is 79.9. The second kappa shape index (κ2) is 5.72. The second-order valence-corrected chi connectivity index (χ2v) is 6.31. The van der Waals surface area contributed by atoms with Crippen LogP contribution in [0.5, 0.6) is 0 Å². The van der Waals surface area contributed by atoms with Gasteiger partial charge >= 0.3 is 0 Å². The van der Waals surface area contributed by atoms with Gasteiger partial charge in [0.2, 0.25) is 0 Å². The van der Waals surface area contributed by atoms with Crippen molar-refractivity contribution < 1.29 is 9.21 Å². The minimum Gasteiger partial charge on any atom is -0.453 e. The van der Waals surface area contributed by atoms with Crippen LogP contribution in [-0.2, 0) is 0 Å². The van der Waals surface area contributed by atoms with Gasteiger partial charge in [-0.25, -0.2) is 0 Å². The summed E-state index contributed by atoms with van der Waals surface area (Å²) >= 11 is 10.4. The van der Waals surface area contributed by atoms with Gasteiger partial charge in [0.25, 0.3) is 0 Å². The summed E-state index contributed by atoms with van der Waals surface area (Å²) < 4.78 is 8.35. The third kappa shape index (κ3) is 2.78. The van der Waals surface area contributed by atoms with Crippen molar-refractivity contribution in [3.63, 3.8) is 0 Å². The fourth-order valence-electron chi connectivity index (χ4n) is 1.57. The van der Waals surface area contributed by atoms with Crippen molar-refractivity contribution in [2.24, 2.45) is 0 Å². The maximum atomic E-state index is 11.6. The van der Waals surface area contributed by atoms with E-state index in [1.54, 1.807) is 6.07 Å². The molecule has 1 aromatic heterocycles. The van der Waals surface area contributed by atoms with Gasteiger partial charge in [0.15, 0.2) is 11.5 Å². The summed E-state index contributed by atoms with van der Waals surface area (Å²) in [5, 5.41) is 0. The zero-order valence-electron chi connectivity index (χ0n) is 9.47. The molecule has 1 heterocycles. The highest BCUT2D eigenvalue weighted by molar-refractivity contribution is 9.11. The van der Waals surface area contributed by atoms with Gasteiger partial charge in [-0.3, -0.25) is 4.79 Å². The molecule has 0 saturated heterocycles. The Morgan fingerprint density at radius 2 is 1.78 bits per heavy atom. The molecule has 2 aromatic rings. The Morgan fingerprint density at radius 3 is 2.33 bits per heavy atom. The van der Waals surface area contributed by atoms with Gasteiger partial charge in [0.05, 0.1) is 0 Å². The molecular formula is C13H9Br3O2. The molecule has 0 bridgehead atoms. The van der Waals surface area contributed by atoms with Crippen LogP contribution < -0.4 is 0 Å². The van der Waals surface area contributed by atoms with Crippen LogP contribution in [0.25, 0.3) is 11.3 Å². The number of carbonyl (C=O) groups is 1. The number of hydrogen-bond acceptors (Lipinski definition) is 2. The lowest BCUT2D eigenvalue weighted by atomic mass is 10.2. The van der Waals surface area contributed by atoms with Crippen LogP contribution in [0.2, 0.25) is 0 Å². The highest BCUT2D eigenvalue weighted by Crippen LogP contribution is 2.38. The maximum Gasteiger partial charge on any atom is 0.197 e. The molecule has 2 nitrogen and oxygen atoms in total. The van der Waals surface area contributed by atoms with E-state index in [-0.39, 0.29) is 5.78 Å². The van der Waals surface area contributed by atoms with Crippen molar-refractivity contribution in [2.45, 2.75) is 13.3 Å². The molecule has 0 aliphatic heterocycles. The van der Waals surface area contributed by atoms with Crippen LogP contribution in [0, 0.1) is 0 Å². The first-order valence-corrected chi connectivity index (χ1v) is 7.68. The number of carbonyl (C=O) groups excluding carboxylic acids is 1. The van der Waals surface area contributed by atoms with Gasteiger partial charge in [0, 0.05) is 25.4 Å². The summed E-state index contributed by atoms with van der Waals surface area (Å²) in [6.45, 7) is 1.82. The summed E-state index contributed by atoms with van der Waals surface area (Å²) in [6, 6.07) is 7.39. The molecule has 0 aliphatic rings. The van der Waals surface area contributed by atoms with Crippen LogP contribution in [0.15, 0.2) is 42.1 Å². The molecule has 0 amide bonds. The number of furan rings is 1. The van der Waals surface area contributed by atoms with E-state index in [2.05, 4.69) is 47.8 Å². The smallest absolute Gasteiger partial charge is 0.197 e.